The van der Waals surface area contributed by atoms with Gasteiger partial charge in [0.1, 0.15) is 11.7 Å². The number of ether oxygens (including phenoxy) is 3. The van der Waals surface area contributed by atoms with Crippen LogP contribution in [0.3, 0.4) is 0 Å². The van der Waals surface area contributed by atoms with E-state index in [1.165, 1.54) is 0 Å². The number of allylic oxidation sites excluding steroid dienone is 1. The van der Waals surface area contributed by atoms with Crippen LogP contribution in [0.2, 0.25) is 0 Å². The van der Waals surface area contributed by atoms with Crippen LogP contribution >= 0.6 is 0 Å². The molecule has 6 heteroatoms. The van der Waals surface area contributed by atoms with Gasteiger partial charge < -0.3 is 24.1 Å². The lowest BCUT2D eigenvalue weighted by Gasteiger charge is -2.58. The molecule has 0 unspecified atom stereocenters. The molecule has 3 saturated carbocycles. The predicted octanol–water partition coefficient (Wildman–Crippen LogP) is 4.63. The van der Waals surface area contributed by atoms with Crippen molar-refractivity contribution in [3.8, 4) is 0 Å². The molecule has 6 aliphatic rings. The van der Waals surface area contributed by atoms with Gasteiger partial charge in [-0.05, 0) is 61.3 Å². The van der Waals surface area contributed by atoms with Gasteiger partial charge in [-0.3, -0.25) is 4.79 Å². The molecule has 0 aromatic carbocycles. The van der Waals surface area contributed by atoms with Crippen molar-refractivity contribution in [2.24, 2.45) is 51.8 Å². The third kappa shape index (κ3) is 2.72. The topological polar surface area (TPSA) is 82.1 Å². The number of aldehydes is 1. The van der Waals surface area contributed by atoms with E-state index in [9.17, 15) is 14.7 Å². The minimum Gasteiger partial charge on any atom is -0.481 e. The van der Waals surface area contributed by atoms with Gasteiger partial charge in [0.25, 0.3) is 0 Å². The van der Waals surface area contributed by atoms with Gasteiger partial charge in [-0.2, -0.15) is 0 Å². The lowest BCUT2D eigenvalue weighted by molar-refractivity contribution is -0.248. The quantitative estimate of drug-likeness (QED) is 0.437. The number of fused-ring (bicyclic) bond motifs is 3. The number of carbonyl (C=O) groups excluding carboxylic acids is 1. The van der Waals surface area contributed by atoms with Gasteiger partial charge >= 0.3 is 5.97 Å². The first kappa shape index (κ1) is 23.9. The largest absolute Gasteiger partial charge is 0.481 e. The van der Waals surface area contributed by atoms with Crippen molar-refractivity contribution in [2.45, 2.75) is 78.3 Å². The highest BCUT2D eigenvalue weighted by Gasteiger charge is 2.84. The molecule has 11 atom stereocenters. The molecule has 2 heterocycles. The van der Waals surface area contributed by atoms with Crippen molar-refractivity contribution < 1.29 is 28.9 Å². The second-order valence-electron chi connectivity index (χ2n) is 12.8. The molecule has 4 aliphatic carbocycles. The number of rotatable bonds is 6. The Balaban J connectivity index is 1.39. The molecule has 2 aliphatic heterocycles. The average molecular weight is 485 g/mol. The minimum atomic E-state index is -1.20. The smallest absolute Gasteiger partial charge is 0.315 e. The van der Waals surface area contributed by atoms with E-state index < -0.39 is 28.5 Å². The first-order valence-corrected chi connectivity index (χ1v) is 13.6. The van der Waals surface area contributed by atoms with E-state index in [4.69, 9.17) is 14.2 Å². The Morgan fingerprint density at radius 3 is 2.77 bits per heavy atom. The highest BCUT2D eigenvalue weighted by atomic mass is 16.7. The normalized spacial score (nSPS) is 51.9. The summed E-state index contributed by atoms with van der Waals surface area (Å²) in [5.74, 6) is 0.474. The van der Waals surface area contributed by atoms with E-state index >= 15 is 0 Å². The van der Waals surface area contributed by atoms with Gasteiger partial charge in [-0.15, -0.1) is 0 Å². The fourth-order valence-electron chi connectivity index (χ4n) is 9.99. The fourth-order valence-corrected chi connectivity index (χ4v) is 9.99. The molecule has 0 aromatic rings. The summed E-state index contributed by atoms with van der Waals surface area (Å²) >= 11 is 0. The van der Waals surface area contributed by atoms with Crippen molar-refractivity contribution in [3.05, 3.63) is 23.8 Å². The van der Waals surface area contributed by atoms with Gasteiger partial charge in [0.05, 0.1) is 30.8 Å². The molecule has 35 heavy (non-hydrogen) atoms. The molecule has 192 valence electrons. The number of carboxylic acids is 1. The van der Waals surface area contributed by atoms with E-state index in [0.717, 1.165) is 36.7 Å². The number of aliphatic carboxylic acids is 1. The van der Waals surface area contributed by atoms with E-state index in [-0.39, 0.29) is 35.9 Å². The summed E-state index contributed by atoms with van der Waals surface area (Å²) in [6.07, 6.45) is 6.92. The number of carboxylic acid groups (broad SMARTS) is 1. The molecule has 0 aromatic heterocycles. The van der Waals surface area contributed by atoms with Crippen LogP contribution in [0.25, 0.3) is 0 Å². The maximum atomic E-state index is 13.5. The number of hydrogen-bond acceptors (Lipinski definition) is 5. The van der Waals surface area contributed by atoms with E-state index in [1.54, 1.807) is 0 Å². The van der Waals surface area contributed by atoms with Crippen LogP contribution in [0.1, 0.15) is 59.8 Å². The van der Waals surface area contributed by atoms with E-state index in [0.29, 0.717) is 37.9 Å². The molecule has 5 fully saturated rings. The van der Waals surface area contributed by atoms with Gasteiger partial charge in [0.2, 0.25) is 0 Å². The Kier molecular flexibility index (Phi) is 5.29. The summed E-state index contributed by atoms with van der Waals surface area (Å²) in [7, 11) is 0. The maximum Gasteiger partial charge on any atom is 0.315 e. The minimum absolute atomic E-state index is 0.0141. The SMILES string of the molecule is C=C1CO[C@H]2[C@@H]1C[C@H](OC[C@@]13C[C@@H]4[C@H](C)CC[C@H]4[C@@]4(C=O)C[C@@H]1C=C(C(C)C)[C@@]34C(=O)O)O[C@@H]2C. The summed E-state index contributed by atoms with van der Waals surface area (Å²) in [6, 6.07) is 0. The van der Waals surface area contributed by atoms with Crippen LogP contribution in [0, 0.1) is 51.8 Å². The Hall–Kier alpha value is -1.50. The van der Waals surface area contributed by atoms with Crippen LogP contribution in [0.5, 0.6) is 0 Å². The van der Waals surface area contributed by atoms with Crippen LogP contribution in [-0.2, 0) is 23.8 Å². The Morgan fingerprint density at radius 2 is 2.09 bits per heavy atom. The zero-order valence-electron chi connectivity index (χ0n) is 21.5. The maximum absolute atomic E-state index is 13.5. The summed E-state index contributed by atoms with van der Waals surface area (Å²) in [6.45, 7) is 13.5. The zero-order valence-corrected chi connectivity index (χ0v) is 21.5. The van der Waals surface area contributed by atoms with Crippen molar-refractivity contribution >= 4 is 12.3 Å². The Bertz CT molecular complexity index is 986. The van der Waals surface area contributed by atoms with E-state index in [2.05, 4.69) is 33.4 Å². The molecular weight excluding hydrogens is 444 g/mol. The Labute approximate surface area is 208 Å². The molecule has 1 N–H and O–H groups in total. The summed E-state index contributed by atoms with van der Waals surface area (Å²) in [4.78, 5) is 26.7. The number of hydrogen-bond donors (Lipinski definition) is 1. The monoisotopic (exact) mass is 484 g/mol. The second-order valence-corrected chi connectivity index (χ2v) is 12.8. The first-order valence-electron chi connectivity index (χ1n) is 13.6. The molecule has 6 rings (SSSR count). The highest BCUT2D eigenvalue weighted by Crippen LogP contribution is 2.82. The second kappa shape index (κ2) is 7.75. The zero-order chi connectivity index (χ0) is 24.9. The van der Waals surface area contributed by atoms with Gasteiger partial charge in [0, 0.05) is 17.8 Å². The molecule has 0 spiro atoms. The van der Waals surface area contributed by atoms with Crippen LogP contribution in [-0.4, -0.2) is 49.1 Å². The Morgan fingerprint density at radius 1 is 1.31 bits per heavy atom. The third-order valence-corrected chi connectivity index (χ3v) is 11.3. The van der Waals surface area contributed by atoms with Gasteiger partial charge in [0.15, 0.2) is 6.29 Å². The third-order valence-electron chi connectivity index (χ3n) is 11.3. The molecule has 2 saturated heterocycles. The van der Waals surface area contributed by atoms with Crippen LogP contribution in [0.15, 0.2) is 23.8 Å². The van der Waals surface area contributed by atoms with Crippen molar-refractivity contribution in [2.75, 3.05) is 13.2 Å². The molecule has 0 radical (unpaired) electrons. The van der Waals surface area contributed by atoms with Gasteiger partial charge in [-0.25, -0.2) is 0 Å². The lowest BCUT2D eigenvalue weighted by Crippen LogP contribution is -2.63. The van der Waals surface area contributed by atoms with Crippen LogP contribution < -0.4 is 0 Å². The van der Waals surface area contributed by atoms with Gasteiger partial charge in [-0.1, -0.05) is 45.4 Å². The highest BCUT2D eigenvalue weighted by molar-refractivity contribution is 5.90. The van der Waals surface area contributed by atoms with Crippen molar-refractivity contribution in [1.82, 2.24) is 0 Å². The molecule has 0 amide bonds. The average Bonchev–Trinajstić information content (AvgIpc) is 3.50. The summed E-state index contributed by atoms with van der Waals surface area (Å²) in [5, 5.41) is 11.1. The fraction of sp³-hybridized carbons (Fsp3) is 0.793. The van der Waals surface area contributed by atoms with Crippen LogP contribution in [0.4, 0.5) is 0 Å². The van der Waals surface area contributed by atoms with E-state index in [1.807, 2.05) is 6.92 Å². The molecular formula is C29H40O6. The summed E-state index contributed by atoms with van der Waals surface area (Å²) < 4.78 is 18.7. The lowest BCUT2D eigenvalue weighted by atomic mass is 9.43. The number of carbonyl (C=O) groups is 2. The predicted molar refractivity (Wildman–Crippen MR) is 129 cm³/mol. The summed E-state index contributed by atoms with van der Waals surface area (Å²) in [5.41, 5.74) is -0.635. The standard InChI is InChI=1S/C29H40O6/c1-15(2)23-8-19-10-27(13-30)22-7-6-16(3)21(22)11-28(19,29(23,27)26(31)32)14-34-24-9-20-17(4)12-33-25(20)18(5)35-24/h8,13,15-16,18-22,24-25H,4,6-7,9-12,14H2,1-3,5H3,(H,31,32)/t16-,18-,19+,20-,21-,22-,24-,25-,27+,28+,29+/m1/s1. The van der Waals surface area contributed by atoms with Crippen molar-refractivity contribution in [1.29, 1.82) is 0 Å². The molecule has 4 bridgehead atoms. The van der Waals surface area contributed by atoms with Crippen molar-refractivity contribution in [3.63, 3.8) is 0 Å². The first-order chi connectivity index (χ1) is 16.6. The molecule has 6 nitrogen and oxygen atoms in total.